The quantitative estimate of drug-likeness (QED) is 0.681. The van der Waals surface area contributed by atoms with Crippen molar-refractivity contribution in [2.24, 2.45) is 5.73 Å². The van der Waals surface area contributed by atoms with Gasteiger partial charge in [-0.3, -0.25) is 4.98 Å². The molecular weight excluding hydrogens is 166 g/mol. The fourth-order valence-corrected chi connectivity index (χ4v) is 1.38. The van der Waals surface area contributed by atoms with E-state index in [1.165, 1.54) is 0 Å². The van der Waals surface area contributed by atoms with Crippen molar-refractivity contribution in [2.45, 2.75) is 12.1 Å². The van der Waals surface area contributed by atoms with E-state index in [-0.39, 0.29) is 12.1 Å². The minimum absolute atomic E-state index is 0.0909. The summed E-state index contributed by atoms with van der Waals surface area (Å²) in [5.74, 6) is 0. The number of ether oxygens (including phenoxy) is 1. The van der Waals surface area contributed by atoms with Crippen LogP contribution < -0.4 is 11.1 Å². The van der Waals surface area contributed by atoms with Gasteiger partial charge in [-0.15, -0.1) is 0 Å². The molecule has 0 aromatic carbocycles. The second-order valence-corrected chi connectivity index (χ2v) is 3.19. The number of nitrogens with two attached hydrogens (primary N) is 1. The Morgan fingerprint density at radius 3 is 2.77 bits per heavy atom. The maximum Gasteiger partial charge on any atom is 0.0684 e. The van der Waals surface area contributed by atoms with Crippen molar-refractivity contribution in [2.75, 3.05) is 18.5 Å². The van der Waals surface area contributed by atoms with E-state index >= 15 is 0 Å². The smallest absolute Gasteiger partial charge is 0.0684 e. The molecule has 0 radical (unpaired) electrons. The van der Waals surface area contributed by atoms with Crippen molar-refractivity contribution in [1.82, 2.24) is 4.98 Å². The predicted molar refractivity (Wildman–Crippen MR) is 50.4 cm³/mol. The summed E-state index contributed by atoms with van der Waals surface area (Å²) in [5, 5.41) is 3.30. The number of hydrogen-bond donors (Lipinski definition) is 2. The Bertz CT molecular complexity index is 265. The highest BCUT2D eigenvalue weighted by Gasteiger charge is 2.24. The van der Waals surface area contributed by atoms with Crippen LogP contribution in [0.4, 0.5) is 5.69 Å². The summed E-state index contributed by atoms with van der Waals surface area (Å²) in [6.45, 7) is 1.33. The van der Waals surface area contributed by atoms with Gasteiger partial charge in [0.1, 0.15) is 0 Å². The van der Waals surface area contributed by atoms with E-state index < -0.39 is 0 Å². The Morgan fingerprint density at radius 2 is 2.15 bits per heavy atom. The zero-order valence-electron chi connectivity index (χ0n) is 7.31. The Balaban J connectivity index is 1.98. The zero-order chi connectivity index (χ0) is 9.10. The molecule has 4 heteroatoms. The molecule has 0 aliphatic carbocycles. The molecule has 0 bridgehead atoms. The number of anilines is 1. The maximum atomic E-state index is 5.82. The van der Waals surface area contributed by atoms with Crippen molar-refractivity contribution in [3.8, 4) is 0 Å². The van der Waals surface area contributed by atoms with Gasteiger partial charge in [-0.05, 0) is 12.1 Å². The van der Waals surface area contributed by atoms with Crippen LogP contribution in [-0.4, -0.2) is 30.3 Å². The average Bonchev–Trinajstić information content (AvgIpc) is 2.54. The van der Waals surface area contributed by atoms with Crippen molar-refractivity contribution >= 4 is 5.69 Å². The molecule has 1 aliphatic heterocycles. The average molecular weight is 179 g/mol. The van der Waals surface area contributed by atoms with E-state index in [4.69, 9.17) is 10.5 Å². The van der Waals surface area contributed by atoms with Crippen LogP contribution in [0.5, 0.6) is 0 Å². The third kappa shape index (κ3) is 1.96. The molecule has 1 aliphatic rings. The van der Waals surface area contributed by atoms with E-state index in [0.717, 1.165) is 5.69 Å². The van der Waals surface area contributed by atoms with Gasteiger partial charge in [-0.1, -0.05) is 0 Å². The van der Waals surface area contributed by atoms with Crippen LogP contribution in [0.3, 0.4) is 0 Å². The Morgan fingerprint density at radius 1 is 1.38 bits per heavy atom. The van der Waals surface area contributed by atoms with Crippen molar-refractivity contribution in [1.29, 1.82) is 0 Å². The minimum Gasteiger partial charge on any atom is -0.378 e. The second kappa shape index (κ2) is 3.72. The van der Waals surface area contributed by atoms with Gasteiger partial charge in [0.05, 0.1) is 25.3 Å². The molecular formula is C9H13N3O. The largest absolute Gasteiger partial charge is 0.378 e. The molecule has 1 saturated heterocycles. The highest BCUT2D eigenvalue weighted by atomic mass is 16.5. The summed E-state index contributed by atoms with van der Waals surface area (Å²) < 4.78 is 5.24. The number of pyridine rings is 1. The molecule has 1 aromatic heterocycles. The molecule has 0 amide bonds. The van der Waals surface area contributed by atoms with Gasteiger partial charge in [0, 0.05) is 18.1 Å². The fourth-order valence-electron chi connectivity index (χ4n) is 1.38. The summed E-state index contributed by atoms with van der Waals surface area (Å²) in [6, 6.07) is 4.16. The standard InChI is InChI=1S/C9H13N3O/c10-8-5-13-6-9(8)12-7-1-3-11-4-2-7/h1-4,8-9H,5-6,10H2,(H,11,12). The maximum absolute atomic E-state index is 5.82. The first-order chi connectivity index (χ1) is 6.36. The predicted octanol–water partition coefficient (Wildman–Crippen LogP) is 0.220. The van der Waals surface area contributed by atoms with E-state index in [2.05, 4.69) is 10.3 Å². The molecule has 1 fully saturated rings. The number of nitrogens with one attached hydrogen (secondary N) is 1. The third-order valence-corrected chi connectivity index (χ3v) is 2.16. The topological polar surface area (TPSA) is 60.2 Å². The lowest BCUT2D eigenvalue weighted by Gasteiger charge is -2.16. The van der Waals surface area contributed by atoms with Crippen LogP contribution in [0.2, 0.25) is 0 Å². The monoisotopic (exact) mass is 179 g/mol. The Kier molecular flexibility index (Phi) is 2.42. The summed E-state index contributed by atoms with van der Waals surface area (Å²) in [5.41, 5.74) is 6.87. The first kappa shape index (κ1) is 8.47. The lowest BCUT2D eigenvalue weighted by Crippen LogP contribution is -2.38. The van der Waals surface area contributed by atoms with Crippen LogP contribution >= 0.6 is 0 Å². The fraction of sp³-hybridized carbons (Fsp3) is 0.444. The molecule has 3 N–H and O–H groups in total. The summed E-state index contributed by atoms with van der Waals surface area (Å²) in [4.78, 5) is 3.94. The van der Waals surface area contributed by atoms with Gasteiger partial charge in [-0.2, -0.15) is 0 Å². The van der Waals surface area contributed by atoms with Gasteiger partial charge in [0.25, 0.3) is 0 Å². The van der Waals surface area contributed by atoms with Crippen molar-refractivity contribution < 1.29 is 4.74 Å². The number of hydrogen-bond acceptors (Lipinski definition) is 4. The molecule has 0 saturated carbocycles. The normalized spacial score (nSPS) is 27.5. The SMILES string of the molecule is NC1COCC1Nc1ccncc1. The van der Waals surface area contributed by atoms with E-state index in [9.17, 15) is 0 Å². The number of aromatic nitrogens is 1. The lowest BCUT2D eigenvalue weighted by atomic mass is 10.2. The molecule has 13 heavy (non-hydrogen) atoms. The molecule has 70 valence electrons. The first-order valence-corrected chi connectivity index (χ1v) is 4.36. The van der Waals surface area contributed by atoms with Gasteiger partial charge in [-0.25, -0.2) is 0 Å². The summed E-state index contributed by atoms with van der Waals surface area (Å²) >= 11 is 0. The molecule has 2 heterocycles. The molecule has 4 nitrogen and oxygen atoms in total. The molecule has 2 unspecified atom stereocenters. The van der Waals surface area contributed by atoms with Crippen LogP contribution in [0.25, 0.3) is 0 Å². The molecule has 2 rings (SSSR count). The zero-order valence-corrected chi connectivity index (χ0v) is 7.31. The van der Waals surface area contributed by atoms with Gasteiger partial charge < -0.3 is 15.8 Å². The van der Waals surface area contributed by atoms with Crippen molar-refractivity contribution in [3.63, 3.8) is 0 Å². The first-order valence-electron chi connectivity index (χ1n) is 4.36. The molecule has 1 aromatic rings. The van der Waals surface area contributed by atoms with Gasteiger partial charge in [0.2, 0.25) is 0 Å². The van der Waals surface area contributed by atoms with Crippen molar-refractivity contribution in [3.05, 3.63) is 24.5 Å². The van der Waals surface area contributed by atoms with Crippen LogP contribution in [0.15, 0.2) is 24.5 Å². The Hall–Kier alpha value is -1.13. The second-order valence-electron chi connectivity index (χ2n) is 3.19. The number of rotatable bonds is 2. The van der Waals surface area contributed by atoms with Gasteiger partial charge in [0.15, 0.2) is 0 Å². The van der Waals surface area contributed by atoms with E-state index in [1.807, 2.05) is 12.1 Å². The lowest BCUT2D eigenvalue weighted by molar-refractivity contribution is 0.192. The van der Waals surface area contributed by atoms with E-state index in [0.29, 0.717) is 13.2 Å². The molecule has 0 spiro atoms. The van der Waals surface area contributed by atoms with Crippen LogP contribution in [0.1, 0.15) is 0 Å². The summed E-state index contributed by atoms with van der Waals surface area (Å²) in [6.07, 6.45) is 3.51. The summed E-state index contributed by atoms with van der Waals surface area (Å²) in [7, 11) is 0. The third-order valence-electron chi connectivity index (χ3n) is 2.16. The highest BCUT2D eigenvalue weighted by molar-refractivity contribution is 5.42. The van der Waals surface area contributed by atoms with E-state index in [1.54, 1.807) is 12.4 Å². The number of nitrogens with zero attached hydrogens (tertiary/aromatic N) is 1. The Labute approximate surface area is 77.1 Å². The minimum atomic E-state index is 0.0909. The van der Waals surface area contributed by atoms with Crippen LogP contribution in [-0.2, 0) is 4.74 Å². The molecule has 2 atom stereocenters. The van der Waals surface area contributed by atoms with Crippen LogP contribution in [0, 0.1) is 0 Å². The highest BCUT2D eigenvalue weighted by Crippen LogP contribution is 2.11. The van der Waals surface area contributed by atoms with Gasteiger partial charge >= 0.3 is 0 Å².